The van der Waals surface area contributed by atoms with Crippen molar-refractivity contribution in [2.24, 2.45) is 23.2 Å². The first-order valence-corrected chi connectivity index (χ1v) is 10.9. The van der Waals surface area contributed by atoms with Gasteiger partial charge < -0.3 is 5.32 Å². The van der Waals surface area contributed by atoms with E-state index in [1.807, 2.05) is 0 Å². The van der Waals surface area contributed by atoms with Crippen LogP contribution in [0.5, 0.6) is 0 Å². The predicted octanol–water partition coefficient (Wildman–Crippen LogP) is 5.00. The summed E-state index contributed by atoms with van der Waals surface area (Å²) >= 11 is 3.17. The Morgan fingerprint density at radius 2 is 1.81 bits per heavy atom. The summed E-state index contributed by atoms with van der Waals surface area (Å²) in [7, 11) is 0. The highest BCUT2D eigenvalue weighted by Gasteiger charge is 2.54. The summed E-state index contributed by atoms with van der Waals surface area (Å²) in [5.41, 5.74) is 0.504. The number of nitrogens with one attached hydrogen (secondary N) is 1. The maximum atomic E-state index is 13.0. The fourth-order valence-corrected chi connectivity index (χ4v) is 6.97. The summed E-state index contributed by atoms with van der Waals surface area (Å²) in [4.78, 5) is 12.7. The Morgan fingerprint density at radius 3 is 2.26 bits per heavy atom. The molecule has 27 heavy (non-hydrogen) atoms. The van der Waals surface area contributed by atoms with Crippen LogP contribution >= 0.6 is 15.9 Å². The number of nitrogens with zero attached hydrogens (tertiary/aromatic N) is 2. The van der Waals surface area contributed by atoms with Crippen LogP contribution in [-0.4, -0.2) is 21.7 Å². The van der Waals surface area contributed by atoms with E-state index in [9.17, 15) is 13.6 Å². The zero-order chi connectivity index (χ0) is 19.3. The maximum absolute atomic E-state index is 13.0. The molecule has 150 valence electrons. The topological polar surface area (TPSA) is 46.9 Å². The molecule has 4 aliphatic rings. The number of amides is 1. The monoisotopic (exact) mass is 443 g/mol. The largest absolute Gasteiger partial charge is 0.351 e. The molecule has 0 radical (unpaired) electrons. The fraction of sp³-hybridized carbons (Fsp3) is 0.800. The normalized spacial score (nSPS) is 32.9. The molecular formula is C20H28BrF2N3O. The summed E-state index contributed by atoms with van der Waals surface area (Å²) in [6, 6.07) is 0.173. The Balaban J connectivity index is 1.46. The molecule has 1 N–H and O–H groups in total. The summed E-state index contributed by atoms with van der Waals surface area (Å²) in [5, 5.41) is 7.19. The molecule has 1 aromatic rings. The van der Waals surface area contributed by atoms with Crippen molar-refractivity contribution < 1.29 is 13.6 Å². The highest BCUT2D eigenvalue weighted by atomic mass is 79.9. The van der Waals surface area contributed by atoms with E-state index >= 15 is 0 Å². The predicted molar refractivity (Wildman–Crippen MR) is 102 cm³/mol. The summed E-state index contributed by atoms with van der Waals surface area (Å²) in [5.74, 6) is 2.37. The van der Waals surface area contributed by atoms with Gasteiger partial charge >= 0.3 is 0 Å². The van der Waals surface area contributed by atoms with Gasteiger partial charge in [0.15, 0.2) is 0 Å². The van der Waals surface area contributed by atoms with E-state index in [1.165, 1.54) is 43.2 Å². The minimum Gasteiger partial charge on any atom is -0.351 e. The molecule has 4 fully saturated rings. The lowest BCUT2D eigenvalue weighted by Crippen LogP contribution is -2.57. The van der Waals surface area contributed by atoms with Crippen molar-refractivity contribution in [3.05, 3.63) is 15.9 Å². The van der Waals surface area contributed by atoms with Crippen LogP contribution in [0.1, 0.15) is 69.7 Å². The van der Waals surface area contributed by atoms with E-state index < -0.39 is 6.43 Å². The number of halogens is 3. The van der Waals surface area contributed by atoms with Crippen LogP contribution in [0, 0.1) is 30.1 Å². The van der Waals surface area contributed by atoms with Crippen molar-refractivity contribution >= 4 is 21.8 Å². The van der Waals surface area contributed by atoms with Gasteiger partial charge in [0.1, 0.15) is 12.2 Å². The fourth-order valence-electron chi connectivity index (χ4n) is 6.51. The van der Waals surface area contributed by atoms with Crippen LogP contribution in [0.4, 0.5) is 8.78 Å². The Kier molecular flexibility index (Phi) is 5.10. The number of hydrogen-bond acceptors (Lipinski definition) is 2. The minimum atomic E-state index is -2.65. The van der Waals surface area contributed by atoms with Crippen molar-refractivity contribution in [2.75, 3.05) is 0 Å². The van der Waals surface area contributed by atoms with Gasteiger partial charge in [-0.05, 0) is 91.0 Å². The molecule has 1 amide bonds. The van der Waals surface area contributed by atoms with Crippen LogP contribution in [0.3, 0.4) is 0 Å². The van der Waals surface area contributed by atoms with Gasteiger partial charge in [-0.3, -0.25) is 9.48 Å². The molecule has 1 aromatic heterocycles. The summed E-state index contributed by atoms with van der Waals surface area (Å²) in [6.45, 7) is 3.83. The highest BCUT2D eigenvalue weighted by Crippen LogP contribution is 2.61. The Labute approximate surface area is 167 Å². The third kappa shape index (κ3) is 3.45. The minimum absolute atomic E-state index is 0.0139. The molecule has 0 saturated heterocycles. The molecule has 0 unspecified atom stereocenters. The molecular weight excluding hydrogens is 416 g/mol. The van der Waals surface area contributed by atoms with Crippen LogP contribution in [0.25, 0.3) is 0 Å². The lowest BCUT2D eigenvalue weighted by atomic mass is 9.47. The average Bonchev–Trinajstić information content (AvgIpc) is 2.87. The maximum Gasteiger partial charge on any atom is 0.283 e. The molecule has 0 aliphatic heterocycles. The molecule has 4 aliphatic carbocycles. The number of carbonyl (C=O) groups is 1. The van der Waals surface area contributed by atoms with Crippen LogP contribution < -0.4 is 5.32 Å². The smallest absolute Gasteiger partial charge is 0.283 e. The van der Waals surface area contributed by atoms with Crippen molar-refractivity contribution in [3.8, 4) is 0 Å². The van der Waals surface area contributed by atoms with Crippen LogP contribution in [0.2, 0.25) is 0 Å². The van der Waals surface area contributed by atoms with Crippen molar-refractivity contribution in [2.45, 2.75) is 77.8 Å². The third-order valence-corrected chi connectivity index (χ3v) is 8.21. The molecule has 4 nitrogen and oxygen atoms in total. The quantitative estimate of drug-likeness (QED) is 0.671. The summed E-state index contributed by atoms with van der Waals surface area (Å²) in [6.07, 6.45) is 6.10. The van der Waals surface area contributed by atoms with Gasteiger partial charge in [0, 0.05) is 6.04 Å². The first-order valence-electron chi connectivity index (χ1n) is 10.1. The first-order chi connectivity index (χ1) is 12.8. The molecule has 0 spiro atoms. The number of alkyl halides is 2. The molecule has 5 rings (SSSR count). The Bertz CT molecular complexity index is 698. The van der Waals surface area contributed by atoms with Crippen LogP contribution in [-0.2, 0) is 11.3 Å². The van der Waals surface area contributed by atoms with Gasteiger partial charge in [0.2, 0.25) is 5.91 Å². The number of hydrogen-bond donors (Lipinski definition) is 1. The van der Waals surface area contributed by atoms with Gasteiger partial charge in [0.05, 0.1) is 10.2 Å². The van der Waals surface area contributed by atoms with Gasteiger partial charge in [0.25, 0.3) is 6.43 Å². The second kappa shape index (κ2) is 7.12. The summed E-state index contributed by atoms with van der Waals surface area (Å²) < 4.78 is 27.8. The zero-order valence-corrected chi connectivity index (χ0v) is 17.6. The Morgan fingerprint density at radius 1 is 1.26 bits per heavy atom. The average molecular weight is 444 g/mol. The van der Waals surface area contributed by atoms with E-state index in [4.69, 9.17) is 0 Å². The number of carbonyl (C=O) groups excluding carboxylic acids is 1. The van der Waals surface area contributed by atoms with E-state index in [1.54, 1.807) is 6.92 Å². The van der Waals surface area contributed by atoms with Crippen LogP contribution in [0.15, 0.2) is 4.47 Å². The number of aromatic nitrogens is 2. The van der Waals surface area contributed by atoms with Gasteiger partial charge in [-0.25, -0.2) is 8.78 Å². The zero-order valence-electron chi connectivity index (χ0n) is 16.0. The van der Waals surface area contributed by atoms with E-state index in [0.717, 1.165) is 24.2 Å². The second-order valence-electron chi connectivity index (χ2n) is 9.05. The lowest BCUT2D eigenvalue weighted by molar-refractivity contribution is -0.127. The molecule has 0 aromatic carbocycles. The molecule has 4 saturated carbocycles. The molecule has 1 atom stereocenters. The number of rotatable bonds is 6. The van der Waals surface area contributed by atoms with E-state index in [0.29, 0.717) is 10.2 Å². The molecule has 1 heterocycles. The van der Waals surface area contributed by atoms with Gasteiger partial charge in [-0.2, -0.15) is 5.10 Å². The second-order valence-corrected chi connectivity index (χ2v) is 9.84. The highest BCUT2D eigenvalue weighted by molar-refractivity contribution is 9.10. The van der Waals surface area contributed by atoms with E-state index in [-0.39, 0.29) is 29.6 Å². The van der Waals surface area contributed by atoms with Crippen molar-refractivity contribution in [3.63, 3.8) is 0 Å². The lowest BCUT2D eigenvalue weighted by Gasteiger charge is -2.59. The Hall–Kier alpha value is -0.980. The standard InChI is InChI=1S/C20H28BrF2N3O/c1-3-15(20-7-12-4-13(8-20)6-14(5-12)9-20)24-16(27)10-26-11(2)17(21)18(25-26)19(22)23/h12-15,19H,3-10H2,1-2H3,(H,24,27)/t12?,13?,14?,15-,20?/m0/s1. The van der Waals surface area contributed by atoms with Gasteiger partial charge in [-0.15, -0.1) is 0 Å². The van der Waals surface area contributed by atoms with E-state index in [2.05, 4.69) is 33.3 Å². The molecule has 4 bridgehead atoms. The van der Waals surface area contributed by atoms with Crippen molar-refractivity contribution in [1.29, 1.82) is 0 Å². The van der Waals surface area contributed by atoms with Crippen molar-refractivity contribution in [1.82, 2.24) is 15.1 Å². The SMILES string of the molecule is CC[C@H](NC(=O)Cn1nc(C(F)F)c(Br)c1C)C12CC3CC(CC(C3)C1)C2. The van der Waals surface area contributed by atoms with Gasteiger partial charge in [-0.1, -0.05) is 6.92 Å². The first kappa shape index (κ1) is 19.3. The third-order valence-electron chi connectivity index (χ3n) is 7.23. The molecule has 7 heteroatoms.